The SMILES string of the molecule is COCCNS(=O)(=O)c1ccc(OC)c(Cl)c1Cl. The van der Waals surface area contributed by atoms with Crippen molar-refractivity contribution in [2.75, 3.05) is 27.4 Å². The molecule has 0 saturated carbocycles. The molecule has 0 aliphatic rings. The zero-order chi connectivity index (χ0) is 13.8. The predicted octanol–water partition coefficient (Wildman–Crippen LogP) is 1.93. The molecule has 0 heterocycles. The van der Waals surface area contributed by atoms with Gasteiger partial charge in [-0.3, -0.25) is 0 Å². The van der Waals surface area contributed by atoms with Crippen molar-refractivity contribution in [2.24, 2.45) is 0 Å². The van der Waals surface area contributed by atoms with E-state index >= 15 is 0 Å². The van der Waals surface area contributed by atoms with Gasteiger partial charge in [0.15, 0.2) is 0 Å². The Bertz CT molecular complexity index is 519. The molecule has 0 aliphatic carbocycles. The van der Waals surface area contributed by atoms with Crippen LogP contribution in [0.1, 0.15) is 0 Å². The molecule has 1 aromatic rings. The van der Waals surface area contributed by atoms with Crippen LogP contribution in [0, 0.1) is 0 Å². The lowest BCUT2D eigenvalue weighted by Crippen LogP contribution is -2.27. The van der Waals surface area contributed by atoms with Crippen LogP contribution in [0.4, 0.5) is 0 Å². The van der Waals surface area contributed by atoms with Gasteiger partial charge in [0, 0.05) is 13.7 Å². The third kappa shape index (κ3) is 3.49. The number of rotatable bonds is 6. The second-order valence-electron chi connectivity index (χ2n) is 3.28. The van der Waals surface area contributed by atoms with E-state index in [9.17, 15) is 8.42 Å². The summed E-state index contributed by atoms with van der Waals surface area (Å²) < 4.78 is 35.9. The maximum Gasteiger partial charge on any atom is 0.242 e. The summed E-state index contributed by atoms with van der Waals surface area (Å²) in [5.41, 5.74) is 0. The largest absolute Gasteiger partial charge is 0.495 e. The molecular formula is C10H13Cl2NO4S. The maximum absolute atomic E-state index is 11.9. The van der Waals surface area contributed by atoms with Crippen molar-refractivity contribution in [3.8, 4) is 5.75 Å². The first-order chi connectivity index (χ1) is 8.44. The summed E-state index contributed by atoms with van der Waals surface area (Å²) in [5, 5.41) is -0.00489. The predicted molar refractivity (Wildman–Crippen MR) is 70.1 cm³/mol. The van der Waals surface area contributed by atoms with E-state index in [1.807, 2.05) is 0 Å². The number of halogens is 2. The molecule has 8 heteroatoms. The van der Waals surface area contributed by atoms with Crippen molar-refractivity contribution in [2.45, 2.75) is 4.90 Å². The van der Waals surface area contributed by atoms with E-state index in [0.29, 0.717) is 5.75 Å². The summed E-state index contributed by atoms with van der Waals surface area (Å²) in [6.07, 6.45) is 0. The molecule has 0 atom stereocenters. The number of ether oxygens (including phenoxy) is 2. The number of benzene rings is 1. The summed E-state index contributed by atoms with van der Waals surface area (Å²) in [6.45, 7) is 0.416. The molecule has 0 bridgehead atoms. The topological polar surface area (TPSA) is 64.6 Å². The van der Waals surface area contributed by atoms with E-state index in [-0.39, 0.29) is 28.1 Å². The summed E-state index contributed by atoms with van der Waals surface area (Å²) in [7, 11) is -0.816. The fraction of sp³-hybridized carbons (Fsp3) is 0.400. The molecule has 0 aromatic heterocycles. The lowest BCUT2D eigenvalue weighted by molar-refractivity contribution is 0.204. The fourth-order valence-electron chi connectivity index (χ4n) is 1.24. The number of hydrogen-bond acceptors (Lipinski definition) is 4. The summed E-state index contributed by atoms with van der Waals surface area (Å²) in [5.74, 6) is 0.317. The average Bonchev–Trinajstić information content (AvgIpc) is 2.32. The van der Waals surface area contributed by atoms with Gasteiger partial charge in [0.1, 0.15) is 15.7 Å². The Morgan fingerprint density at radius 1 is 1.22 bits per heavy atom. The first-order valence-corrected chi connectivity index (χ1v) is 7.18. The van der Waals surface area contributed by atoms with Crippen LogP contribution >= 0.6 is 23.2 Å². The zero-order valence-corrected chi connectivity index (χ0v) is 12.2. The van der Waals surface area contributed by atoms with E-state index < -0.39 is 10.0 Å². The van der Waals surface area contributed by atoms with E-state index in [0.717, 1.165) is 0 Å². The van der Waals surface area contributed by atoms with Gasteiger partial charge in [-0.15, -0.1) is 0 Å². The third-order valence-corrected chi connectivity index (χ3v) is 4.60. The zero-order valence-electron chi connectivity index (χ0n) is 9.87. The first kappa shape index (κ1) is 15.5. The van der Waals surface area contributed by atoms with Crippen LogP contribution in [0.25, 0.3) is 0 Å². The number of nitrogens with one attached hydrogen (secondary N) is 1. The lowest BCUT2D eigenvalue weighted by atomic mass is 10.3. The first-order valence-electron chi connectivity index (χ1n) is 4.94. The fourth-order valence-corrected chi connectivity index (χ4v) is 3.09. The quantitative estimate of drug-likeness (QED) is 0.815. The molecule has 1 N–H and O–H groups in total. The van der Waals surface area contributed by atoms with Crippen molar-refractivity contribution in [1.29, 1.82) is 0 Å². The third-order valence-electron chi connectivity index (χ3n) is 2.12. The van der Waals surface area contributed by atoms with Gasteiger partial charge in [0.2, 0.25) is 10.0 Å². The van der Waals surface area contributed by atoms with Gasteiger partial charge in [-0.1, -0.05) is 23.2 Å². The molecule has 5 nitrogen and oxygen atoms in total. The molecule has 18 heavy (non-hydrogen) atoms. The molecule has 1 aromatic carbocycles. The molecule has 0 spiro atoms. The Labute approximate surface area is 116 Å². The second-order valence-corrected chi connectivity index (χ2v) is 5.78. The normalized spacial score (nSPS) is 11.6. The Hall–Kier alpha value is -0.530. The van der Waals surface area contributed by atoms with Gasteiger partial charge < -0.3 is 9.47 Å². The van der Waals surface area contributed by atoms with Crippen molar-refractivity contribution in [1.82, 2.24) is 4.72 Å². The Balaban J connectivity index is 3.06. The Kier molecular flexibility index (Phi) is 5.68. The van der Waals surface area contributed by atoms with Gasteiger partial charge >= 0.3 is 0 Å². The van der Waals surface area contributed by atoms with Crippen LogP contribution in [0.5, 0.6) is 5.75 Å². The van der Waals surface area contributed by atoms with Gasteiger partial charge in [0.25, 0.3) is 0 Å². The molecule has 0 aliphatic heterocycles. The highest BCUT2D eigenvalue weighted by Gasteiger charge is 2.21. The highest BCUT2D eigenvalue weighted by Crippen LogP contribution is 2.36. The number of methoxy groups -OCH3 is 2. The van der Waals surface area contributed by atoms with E-state index in [4.69, 9.17) is 32.7 Å². The van der Waals surface area contributed by atoms with Crippen LogP contribution in [-0.4, -0.2) is 35.8 Å². The monoisotopic (exact) mass is 313 g/mol. The maximum atomic E-state index is 11.9. The van der Waals surface area contributed by atoms with E-state index in [1.54, 1.807) is 0 Å². The van der Waals surface area contributed by atoms with Crippen molar-refractivity contribution < 1.29 is 17.9 Å². The molecular weight excluding hydrogens is 301 g/mol. The van der Waals surface area contributed by atoms with E-state index in [2.05, 4.69) is 4.72 Å². The van der Waals surface area contributed by atoms with Crippen LogP contribution < -0.4 is 9.46 Å². The van der Waals surface area contributed by atoms with Crippen LogP contribution in [0.2, 0.25) is 10.0 Å². The Morgan fingerprint density at radius 2 is 1.89 bits per heavy atom. The molecule has 0 unspecified atom stereocenters. The minimum Gasteiger partial charge on any atom is -0.495 e. The molecule has 0 fully saturated rings. The lowest BCUT2D eigenvalue weighted by Gasteiger charge is -2.11. The van der Waals surface area contributed by atoms with Crippen LogP contribution in [0.15, 0.2) is 17.0 Å². The molecule has 1 rings (SSSR count). The number of sulfonamides is 1. The number of hydrogen-bond donors (Lipinski definition) is 1. The highest BCUT2D eigenvalue weighted by atomic mass is 35.5. The van der Waals surface area contributed by atoms with Gasteiger partial charge in [-0.2, -0.15) is 0 Å². The molecule has 0 saturated heterocycles. The minimum absolute atomic E-state index is 0.0637. The van der Waals surface area contributed by atoms with Crippen molar-refractivity contribution in [3.63, 3.8) is 0 Å². The highest BCUT2D eigenvalue weighted by molar-refractivity contribution is 7.89. The summed E-state index contributed by atoms with van der Waals surface area (Å²) >= 11 is 11.8. The molecule has 102 valence electrons. The van der Waals surface area contributed by atoms with Crippen LogP contribution in [-0.2, 0) is 14.8 Å². The van der Waals surface area contributed by atoms with E-state index in [1.165, 1.54) is 26.4 Å². The average molecular weight is 314 g/mol. The van der Waals surface area contributed by atoms with Crippen molar-refractivity contribution in [3.05, 3.63) is 22.2 Å². The standard InChI is InChI=1S/C10H13Cl2NO4S/c1-16-6-5-13-18(14,15)8-4-3-7(17-2)9(11)10(8)12/h3-4,13H,5-6H2,1-2H3. The second kappa shape index (κ2) is 6.58. The van der Waals surface area contributed by atoms with Gasteiger partial charge in [-0.25, -0.2) is 13.1 Å². The summed E-state index contributed by atoms with van der Waals surface area (Å²) in [4.78, 5) is -0.0916. The minimum atomic E-state index is -3.71. The van der Waals surface area contributed by atoms with Gasteiger partial charge in [0.05, 0.1) is 18.7 Å². The molecule has 0 radical (unpaired) electrons. The summed E-state index contributed by atoms with van der Waals surface area (Å²) in [6, 6.07) is 2.78. The van der Waals surface area contributed by atoms with Crippen molar-refractivity contribution >= 4 is 33.2 Å². The molecule has 0 amide bonds. The smallest absolute Gasteiger partial charge is 0.242 e. The van der Waals surface area contributed by atoms with Gasteiger partial charge in [-0.05, 0) is 12.1 Å². The van der Waals surface area contributed by atoms with Crippen LogP contribution in [0.3, 0.4) is 0 Å². The Morgan fingerprint density at radius 3 is 2.44 bits per heavy atom.